The highest BCUT2D eigenvalue weighted by atomic mass is 16.7. The summed E-state index contributed by atoms with van der Waals surface area (Å²) in [5, 5.41) is 68.5. The highest BCUT2D eigenvalue weighted by Gasteiger charge is 2.50. The molecule has 16 heteroatoms. The summed E-state index contributed by atoms with van der Waals surface area (Å²) in [7, 11) is 1.44. The van der Waals surface area contributed by atoms with Crippen molar-refractivity contribution in [2.24, 2.45) is 28.8 Å². The Morgan fingerprint density at radius 1 is 0.884 bits per heavy atom. The Hall–Kier alpha value is -5.94. The molecule has 69 heavy (non-hydrogen) atoms. The second-order valence-electron chi connectivity index (χ2n) is 20.4. The zero-order chi connectivity index (χ0) is 51.1. The van der Waals surface area contributed by atoms with Crippen LogP contribution in [0.5, 0.6) is 23.0 Å². The molecule has 3 aromatic rings. The molecule has 1 saturated heterocycles. The number of methoxy groups -OCH3 is 1. The first kappa shape index (κ1) is 52.4. The van der Waals surface area contributed by atoms with Gasteiger partial charge in [0.25, 0.3) is 11.7 Å². The minimum Gasteiger partial charge on any atom is -0.507 e. The number of benzene rings is 3. The van der Waals surface area contributed by atoms with Gasteiger partial charge in [-0.1, -0.05) is 76.3 Å². The summed E-state index contributed by atoms with van der Waals surface area (Å²) in [5.41, 5.74) is -0.206. The average molecular weight is 955 g/mol. The van der Waals surface area contributed by atoms with Gasteiger partial charge in [-0.3, -0.25) is 24.3 Å². The molecule has 5 bridgehead atoms. The first-order chi connectivity index (χ1) is 32.3. The smallest absolute Gasteiger partial charge is 0.312 e. The fraction of sp³-hybridized carbons (Fsp3) is 0.509. The van der Waals surface area contributed by atoms with Crippen LogP contribution in [-0.2, 0) is 30.3 Å². The summed E-state index contributed by atoms with van der Waals surface area (Å²) < 4.78 is 23.9. The lowest BCUT2D eigenvalue weighted by Crippen LogP contribution is -2.65. The van der Waals surface area contributed by atoms with Gasteiger partial charge in [0.15, 0.2) is 5.75 Å². The number of hydrogen-bond donors (Lipinski definition) is 6. The fourth-order valence-corrected chi connectivity index (χ4v) is 9.71. The SMILES string of the molecule is COC1C=COC2(C)Oc3c(C)c(O)c4c(O)c(c(/C=N/N5CC(C)(C)N(Cc6ccccc6)CC5(C)C)c(O)c4c3C2=O)NC(=O)C(C)=CC=CC(C)C(O)C(C)C(O)C(C)C(OC(C)=O)C1C. The largest absolute Gasteiger partial charge is 0.507 e. The van der Waals surface area contributed by atoms with Crippen molar-refractivity contribution in [3.63, 3.8) is 0 Å². The van der Waals surface area contributed by atoms with Gasteiger partial charge < -0.3 is 49.8 Å². The molecular formula is C53H70N4O12. The number of hydrogen-bond acceptors (Lipinski definition) is 15. The van der Waals surface area contributed by atoms with Crippen LogP contribution in [0.2, 0.25) is 0 Å². The highest BCUT2D eigenvalue weighted by Crippen LogP contribution is 2.55. The van der Waals surface area contributed by atoms with E-state index in [1.807, 2.05) is 37.1 Å². The number of aliphatic hydroxyl groups is 2. The monoisotopic (exact) mass is 954 g/mol. The number of Topliss-reactive ketones (excluding diaryl/α,β-unsaturated/α-hetero) is 1. The Bertz CT molecular complexity index is 2570. The standard InChI is InChI=1S/C53H70N4O12/c1-28-18-17-19-29(2)50(65)55-41-36(24-54-57-27-51(8,9)56(26-52(57,10)11)25-35-20-15-14-16-21-35)45(62)38-39(46(41)63)44(61)33(6)48-40(38)49(64)53(12,69-48)67-23-22-37(66-13)30(3)47(68-34(7)58)32(5)43(60)31(4)42(28)59/h14-24,28,30-32,37,42-43,47,59-63H,25-27H2,1-13H3,(H,55,65)/b18-17?,23-22?,29-19?,54-24+. The molecule has 9 atom stereocenters. The van der Waals surface area contributed by atoms with Crippen LogP contribution in [0.1, 0.15) is 103 Å². The van der Waals surface area contributed by atoms with E-state index in [0.29, 0.717) is 19.6 Å². The van der Waals surface area contributed by atoms with Crippen LogP contribution in [0.4, 0.5) is 5.69 Å². The van der Waals surface area contributed by atoms with Gasteiger partial charge in [-0.25, -0.2) is 0 Å². The van der Waals surface area contributed by atoms with Gasteiger partial charge in [0.2, 0.25) is 0 Å². The second kappa shape index (κ2) is 20.2. The molecule has 0 aromatic heterocycles. The summed E-state index contributed by atoms with van der Waals surface area (Å²) in [6.45, 7) is 22.7. The van der Waals surface area contributed by atoms with Gasteiger partial charge in [0, 0.05) is 79.8 Å². The van der Waals surface area contributed by atoms with E-state index in [4.69, 9.17) is 24.0 Å². The number of ether oxygens (including phenoxy) is 4. The topological polar surface area (TPSA) is 220 Å². The van der Waals surface area contributed by atoms with Crippen LogP contribution < -0.4 is 10.1 Å². The van der Waals surface area contributed by atoms with Gasteiger partial charge in [0.05, 0.1) is 65.1 Å². The number of piperazine rings is 1. The normalized spacial score (nSPS) is 29.0. The van der Waals surface area contributed by atoms with Gasteiger partial charge in [-0.15, -0.1) is 0 Å². The van der Waals surface area contributed by atoms with Crippen molar-refractivity contribution < 1.29 is 58.9 Å². The average Bonchev–Trinajstić information content (AvgIpc) is 3.56. The first-order valence-electron chi connectivity index (χ1n) is 23.4. The minimum atomic E-state index is -2.08. The number of nitrogens with one attached hydrogen (secondary N) is 1. The third-order valence-electron chi connectivity index (χ3n) is 14.2. The van der Waals surface area contributed by atoms with Crippen LogP contribution in [0.25, 0.3) is 10.8 Å². The number of nitrogens with zero attached hydrogens (tertiary/aromatic N) is 3. The van der Waals surface area contributed by atoms with Crippen LogP contribution >= 0.6 is 0 Å². The number of ketones is 1. The number of carbonyl (C=O) groups excluding carboxylic acids is 3. The van der Waals surface area contributed by atoms with E-state index in [1.54, 1.807) is 39.8 Å². The van der Waals surface area contributed by atoms with Crippen LogP contribution in [-0.4, -0.2) is 121 Å². The predicted octanol–water partition coefficient (Wildman–Crippen LogP) is 7.46. The molecule has 7 rings (SSSR count). The maximum atomic E-state index is 14.7. The number of aliphatic hydroxyl groups excluding tert-OH is 2. The van der Waals surface area contributed by atoms with E-state index in [0.717, 1.165) is 5.56 Å². The van der Waals surface area contributed by atoms with E-state index >= 15 is 0 Å². The van der Waals surface area contributed by atoms with Crippen molar-refractivity contribution >= 4 is 40.3 Å². The molecule has 0 saturated carbocycles. The van der Waals surface area contributed by atoms with Crippen molar-refractivity contribution in [3.8, 4) is 23.0 Å². The number of esters is 1. The summed E-state index contributed by atoms with van der Waals surface area (Å²) in [6, 6.07) is 10.2. The third kappa shape index (κ3) is 10.4. The summed E-state index contributed by atoms with van der Waals surface area (Å²) in [5.74, 6) is -8.52. The lowest BCUT2D eigenvalue weighted by molar-refractivity contribution is -0.160. The van der Waals surface area contributed by atoms with Gasteiger partial charge in [-0.05, 0) is 53.2 Å². The maximum Gasteiger partial charge on any atom is 0.312 e. The van der Waals surface area contributed by atoms with Crippen molar-refractivity contribution in [3.05, 3.63) is 88.7 Å². The third-order valence-corrected chi connectivity index (χ3v) is 14.2. The lowest BCUT2D eigenvalue weighted by atomic mass is 9.78. The number of carbonyl (C=O) groups is 3. The Balaban J connectivity index is 1.51. The number of allylic oxidation sites excluding steroid dienone is 2. The van der Waals surface area contributed by atoms with E-state index < -0.39 is 94.3 Å². The van der Waals surface area contributed by atoms with E-state index in [-0.39, 0.29) is 50.0 Å². The lowest BCUT2D eigenvalue weighted by Gasteiger charge is -2.54. The predicted molar refractivity (Wildman–Crippen MR) is 263 cm³/mol. The van der Waals surface area contributed by atoms with Gasteiger partial charge in [0.1, 0.15) is 23.4 Å². The molecule has 0 radical (unpaired) electrons. The van der Waals surface area contributed by atoms with E-state index in [2.05, 4.69) is 36.2 Å². The fourth-order valence-electron chi connectivity index (χ4n) is 9.71. The number of hydrazone groups is 1. The number of anilines is 1. The Morgan fingerprint density at radius 3 is 2.19 bits per heavy atom. The molecule has 374 valence electrons. The Morgan fingerprint density at radius 2 is 1.55 bits per heavy atom. The summed E-state index contributed by atoms with van der Waals surface area (Å²) in [6.07, 6.45) is 4.88. The molecule has 4 aliphatic rings. The zero-order valence-corrected chi connectivity index (χ0v) is 42.0. The number of fused-ring (bicyclic) bond motifs is 14. The summed E-state index contributed by atoms with van der Waals surface area (Å²) in [4.78, 5) is 43.6. The van der Waals surface area contributed by atoms with E-state index in [9.17, 15) is 39.9 Å². The highest BCUT2D eigenvalue weighted by molar-refractivity contribution is 6.23. The molecule has 3 aromatic carbocycles. The number of rotatable bonds is 6. The van der Waals surface area contributed by atoms with Gasteiger partial charge in [-0.2, -0.15) is 5.10 Å². The molecule has 0 spiro atoms. The van der Waals surface area contributed by atoms with Crippen LogP contribution in [0, 0.1) is 30.6 Å². The van der Waals surface area contributed by atoms with Crippen molar-refractivity contribution in [2.45, 2.75) is 131 Å². The van der Waals surface area contributed by atoms with Crippen molar-refractivity contribution in [1.82, 2.24) is 9.91 Å². The second-order valence-corrected chi connectivity index (χ2v) is 20.4. The minimum absolute atomic E-state index is 0.0466. The van der Waals surface area contributed by atoms with Crippen molar-refractivity contribution in [2.75, 3.05) is 25.5 Å². The Labute approximate surface area is 404 Å². The number of phenols is 3. The Kier molecular flexibility index (Phi) is 15.3. The zero-order valence-electron chi connectivity index (χ0n) is 42.0. The molecule has 6 N–H and O–H groups in total. The molecular weight excluding hydrogens is 885 g/mol. The first-order valence-corrected chi connectivity index (χ1v) is 23.4. The molecule has 4 aliphatic heterocycles. The molecule has 1 amide bonds. The summed E-state index contributed by atoms with van der Waals surface area (Å²) >= 11 is 0. The number of aromatic hydroxyl groups is 3. The molecule has 16 nitrogen and oxygen atoms in total. The van der Waals surface area contributed by atoms with Crippen molar-refractivity contribution in [1.29, 1.82) is 0 Å². The number of phenolic OH excluding ortho intramolecular Hbond substituents is 3. The quantitative estimate of drug-likeness (QED) is 0.0612. The van der Waals surface area contributed by atoms with Crippen LogP contribution in [0.3, 0.4) is 0 Å². The van der Waals surface area contributed by atoms with E-state index in [1.165, 1.54) is 59.4 Å². The molecule has 9 unspecified atom stereocenters. The molecule has 4 heterocycles. The van der Waals surface area contributed by atoms with Crippen LogP contribution in [0.15, 0.2) is 71.6 Å². The van der Waals surface area contributed by atoms with Gasteiger partial charge >= 0.3 is 11.8 Å². The molecule has 0 aliphatic carbocycles. The maximum absolute atomic E-state index is 14.7. The number of amides is 1. The molecule has 1 fully saturated rings.